The summed E-state index contributed by atoms with van der Waals surface area (Å²) in [7, 11) is 0. The van der Waals surface area contributed by atoms with Crippen molar-refractivity contribution < 1.29 is 4.42 Å². The molecule has 0 aliphatic rings. The highest BCUT2D eigenvalue weighted by Crippen LogP contribution is 2.26. The predicted octanol–water partition coefficient (Wildman–Crippen LogP) is 3.24. The Kier molecular flexibility index (Phi) is 3.33. The lowest BCUT2D eigenvalue weighted by atomic mass is 10.2. The van der Waals surface area contributed by atoms with Crippen LogP contribution in [0.2, 0.25) is 0 Å². The molecule has 1 aromatic carbocycles. The molecule has 2 N–H and O–H groups in total. The van der Waals surface area contributed by atoms with E-state index in [9.17, 15) is 0 Å². The number of rotatable bonds is 5. The number of fused-ring (bicyclic) bond motifs is 1. The van der Waals surface area contributed by atoms with Gasteiger partial charge in [-0.1, -0.05) is 25.1 Å². The number of furan rings is 1. The highest BCUT2D eigenvalue weighted by atomic mass is 16.3. The number of hydrogen-bond acceptors (Lipinski definition) is 3. The molecule has 4 heteroatoms. The molecule has 0 spiro atoms. The van der Waals surface area contributed by atoms with Gasteiger partial charge in [0.15, 0.2) is 0 Å². The van der Waals surface area contributed by atoms with E-state index in [1.165, 1.54) is 0 Å². The Balaban J connectivity index is 1.98. The average Bonchev–Trinajstić information content (AvgIpc) is 3.08. The van der Waals surface area contributed by atoms with E-state index in [0.717, 1.165) is 35.5 Å². The first kappa shape index (κ1) is 12.0. The summed E-state index contributed by atoms with van der Waals surface area (Å²) >= 11 is 0. The van der Waals surface area contributed by atoms with Crippen molar-refractivity contribution in [1.82, 2.24) is 15.3 Å². The van der Waals surface area contributed by atoms with E-state index in [1.807, 2.05) is 24.4 Å². The molecule has 0 bridgehead atoms. The monoisotopic (exact) mass is 255 g/mol. The minimum absolute atomic E-state index is 0.0256. The molecule has 0 saturated carbocycles. The summed E-state index contributed by atoms with van der Waals surface area (Å²) in [6.45, 7) is 3.06. The number of para-hydroxylation sites is 1. The molecule has 19 heavy (non-hydrogen) atoms. The van der Waals surface area contributed by atoms with Gasteiger partial charge in [0.2, 0.25) is 0 Å². The molecule has 0 radical (unpaired) electrons. The summed E-state index contributed by atoms with van der Waals surface area (Å²) in [5.41, 5.74) is 0.910. The number of H-pyrrole nitrogens is 1. The fourth-order valence-corrected chi connectivity index (χ4v) is 2.20. The van der Waals surface area contributed by atoms with Crippen LogP contribution in [0, 0.1) is 0 Å². The summed E-state index contributed by atoms with van der Waals surface area (Å²) in [6, 6.07) is 10.1. The maximum absolute atomic E-state index is 5.93. The molecule has 4 nitrogen and oxygen atoms in total. The highest BCUT2D eigenvalue weighted by Gasteiger charge is 2.19. The lowest BCUT2D eigenvalue weighted by Crippen LogP contribution is -2.23. The topological polar surface area (TPSA) is 53.9 Å². The molecule has 0 aliphatic carbocycles. The largest absolute Gasteiger partial charge is 0.459 e. The van der Waals surface area contributed by atoms with Crippen molar-refractivity contribution >= 4 is 11.0 Å². The molecule has 1 unspecified atom stereocenters. The zero-order valence-corrected chi connectivity index (χ0v) is 10.9. The summed E-state index contributed by atoms with van der Waals surface area (Å²) in [4.78, 5) is 7.49. The van der Waals surface area contributed by atoms with Crippen LogP contribution in [0.3, 0.4) is 0 Å². The molecule has 0 aliphatic heterocycles. The first-order valence-corrected chi connectivity index (χ1v) is 6.59. The zero-order valence-electron chi connectivity index (χ0n) is 10.9. The van der Waals surface area contributed by atoms with E-state index in [1.54, 1.807) is 6.20 Å². The molecule has 3 aromatic rings. The van der Waals surface area contributed by atoms with Crippen molar-refractivity contribution in [3.63, 3.8) is 0 Å². The van der Waals surface area contributed by atoms with Crippen LogP contribution in [0.25, 0.3) is 11.0 Å². The smallest absolute Gasteiger partial charge is 0.134 e. The van der Waals surface area contributed by atoms with Crippen molar-refractivity contribution in [2.45, 2.75) is 19.4 Å². The first-order valence-electron chi connectivity index (χ1n) is 6.59. The minimum Gasteiger partial charge on any atom is -0.459 e. The van der Waals surface area contributed by atoms with Crippen LogP contribution in [-0.4, -0.2) is 16.5 Å². The molecule has 0 saturated heterocycles. The number of aromatic nitrogens is 2. The zero-order chi connectivity index (χ0) is 13.1. The van der Waals surface area contributed by atoms with Crippen LogP contribution in [-0.2, 0) is 0 Å². The second-order valence-corrected chi connectivity index (χ2v) is 4.55. The third-order valence-corrected chi connectivity index (χ3v) is 3.12. The fourth-order valence-electron chi connectivity index (χ4n) is 2.20. The molecular weight excluding hydrogens is 238 g/mol. The molecule has 3 rings (SSSR count). The van der Waals surface area contributed by atoms with E-state index in [4.69, 9.17) is 4.42 Å². The van der Waals surface area contributed by atoms with E-state index < -0.39 is 0 Å². The lowest BCUT2D eigenvalue weighted by Gasteiger charge is -2.13. The SMILES string of the molecule is CCCNC(c1ncc[nH]1)c1cc2ccccc2o1. The molecule has 2 heterocycles. The Morgan fingerprint density at radius 2 is 2.26 bits per heavy atom. The van der Waals surface area contributed by atoms with Gasteiger partial charge in [-0.2, -0.15) is 0 Å². The Labute approximate surface area is 111 Å². The van der Waals surface area contributed by atoms with Crippen molar-refractivity contribution in [1.29, 1.82) is 0 Å². The summed E-state index contributed by atoms with van der Waals surface area (Å²) in [6.07, 6.45) is 4.66. The van der Waals surface area contributed by atoms with Gasteiger partial charge in [-0.05, 0) is 25.1 Å². The quantitative estimate of drug-likeness (QED) is 0.736. The van der Waals surface area contributed by atoms with Gasteiger partial charge < -0.3 is 14.7 Å². The normalized spacial score (nSPS) is 12.9. The van der Waals surface area contributed by atoms with Crippen LogP contribution >= 0.6 is 0 Å². The standard InChI is InChI=1S/C15H17N3O/c1-2-7-16-14(15-17-8-9-18-15)13-10-11-5-3-4-6-12(11)19-13/h3-6,8-10,14,16H,2,7H2,1H3,(H,17,18). The van der Waals surface area contributed by atoms with Gasteiger partial charge in [0.1, 0.15) is 23.2 Å². The van der Waals surface area contributed by atoms with Gasteiger partial charge in [-0.25, -0.2) is 4.98 Å². The van der Waals surface area contributed by atoms with Crippen LogP contribution in [0.5, 0.6) is 0 Å². The number of benzene rings is 1. The van der Waals surface area contributed by atoms with Crippen molar-refractivity contribution in [3.8, 4) is 0 Å². The van der Waals surface area contributed by atoms with Crippen LogP contribution < -0.4 is 5.32 Å². The second-order valence-electron chi connectivity index (χ2n) is 4.55. The summed E-state index contributed by atoms with van der Waals surface area (Å²) in [5.74, 6) is 1.78. The van der Waals surface area contributed by atoms with E-state index in [-0.39, 0.29) is 6.04 Å². The summed E-state index contributed by atoms with van der Waals surface area (Å²) in [5, 5.41) is 4.58. The first-order chi connectivity index (χ1) is 9.38. The van der Waals surface area contributed by atoms with Gasteiger partial charge in [0.05, 0.1) is 0 Å². The maximum Gasteiger partial charge on any atom is 0.134 e. The van der Waals surface area contributed by atoms with Gasteiger partial charge >= 0.3 is 0 Å². The van der Waals surface area contributed by atoms with E-state index in [0.29, 0.717) is 0 Å². The lowest BCUT2D eigenvalue weighted by molar-refractivity contribution is 0.458. The highest BCUT2D eigenvalue weighted by molar-refractivity contribution is 5.77. The van der Waals surface area contributed by atoms with Crippen molar-refractivity contribution in [2.75, 3.05) is 6.54 Å². The minimum atomic E-state index is -0.0256. The van der Waals surface area contributed by atoms with Gasteiger partial charge in [-0.15, -0.1) is 0 Å². The molecule has 0 fully saturated rings. The number of nitrogens with one attached hydrogen (secondary N) is 2. The Bertz CT molecular complexity index is 609. The average molecular weight is 255 g/mol. The third-order valence-electron chi connectivity index (χ3n) is 3.12. The Hall–Kier alpha value is -2.07. The molecular formula is C15H17N3O. The van der Waals surface area contributed by atoms with Crippen molar-refractivity contribution in [3.05, 3.63) is 54.3 Å². The van der Waals surface area contributed by atoms with Crippen LogP contribution in [0.1, 0.15) is 31.0 Å². The van der Waals surface area contributed by atoms with Gasteiger partial charge in [0.25, 0.3) is 0 Å². The number of hydrogen-bond donors (Lipinski definition) is 2. The number of aromatic amines is 1. The van der Waals surface area contributed by atoms with Crippen LogP contribution in [0.4, 0.5) is 0 Å². The predicted molar refractivity (Wildman–Crippen MR) is 74.9 cm³/mol. The molecule has 98 valence electrons. The maximum atomic E-state index is 5.93. The molecule has 0 amide bonds. The number of nitrogens with zero attached hydrogens (tertiary/aromatic N) is 1. The van der Waals surface area contributed by atoms with Crippen molar-refractivity contribution in [2.24, 2.45) is 0 Å². The molecule has 2 aromatic heterocycles. The van der Waals surface area contributed by atoms with Gasteiger partial charge in [-0.3, -0.25) is 0 Å². The third kappa shape index (κ3) is 2.39. The number of imidazole rings is 1. The molecule has 1 atom stereocenters. The van der Waals surface area contributed by atoms with E-state index >= 15 is 0 Å². The second kappa shape index (κ2) is 5.28. The Morgan fingerprint density at radius 3 is 3.00 bits per heavy atom. The summed E-state index contributed by atoms with van der Waals surface area (Å²) < 4.78 is 5.93. The van der Waals surface area contributed by atoms with Crippen LogP contribution in [0.15, 0.2) is 47.1 Å². The van der Waals surface area contributed by atoms with E-state index in [2.05, 4.69) is 34.3 Å². The van der Waals surface area contributed by atoms with Gasteiger partial charge in [0, 0.05) is 17.8 Å². The Morgan fingerprint density at radius 1 is 1.37 bits per heavy atom. The fraction of sp³-hybridized carbons (Fsp3) is 0.267.